The largest absolute Gasteiger partial charge is 0.507 e. The molecule has 0 saturated heterocycles. The van der Waals surface area contributed by atoms with E-state index >= 15 is 0 Å². The summed E-state index contributed by atoms with van der Waals surface area (Å²) in [5.74, 6) is 0.389. The van der Waals surface area contributed by atoms with E-state index in [1.54, 1.807) is 17.4 Å². The van der Waals surface area contributed by atoms with E-state index in [0.717, 1.165) is 16.6 Å². The second-order valence-electron chi connectivity index (χ2n) is 3.65. The van der Waals surface area contributed by atoms with E-state index in [1.165, 1.54) is 5.56 Å². The van der Waals surface area contributed by atoms with Crippen LogP contribution >= 0.6 is 11.3 Å². The number of hydrogen-bond donors (Lipinski definition) is 1. The molecule has 1 heterocycles. The van der Waals surface area contributed by atoms with Gasteiger partial charge in [0.1, 0.15) is 5.75 Å². The monoisotopic (exact) mass is 207 g/mol. The van der Waals surface area contributed by atoms with Gasteiger partial charge in [0.15, 0.2) is 0 Å². The molecule has 0 atom stereocenters. The maximum Gasteiger partial charge on any atom is 0.124 e. The zero-order chi connectivity index (χ0) is 10.1. The summed E-state index contributed by atoms with van der Waals surface area (Å²) in [6, 6.07) is 5.67. The summed E-state index contributed by atoms with van der Waals surface area (Å²) < 4.78 is 1.15. The van der Waals surface area contributed by atoms with Gasteiger partial charge in [0.25, 0.3) is 0 Å². The first kappa shape index (κ1) is 9.49. The lowest BCUT2D eigenvalue weighted by atomic mass is 10.1. The van der Waals surface area contributed by atoms with Crippen LogP contribution in [0.15, 0.2) is 23.6 Å². The van der Waals surface area contributed by atoms with Gasteiger partial charge in [-0.15, -0.1) is 11.3 Å². The lowest BCUT2D eigenvalue weighted by Gasteiger charge is -2.08. The van der Waals surface area contributed by atoms with Gasteiger partial charge in [-0.2, -0.15) is 0 Å². The van der Waals surface area contributed by atoms with Gasteiger partial charge >= 0.3 is 0 Å². The summed E-state index contributed by atoms with van der Waals surface area (Å²) in [7, 11) is 4.06. The predicted molar refractivity (Wildman–Crippen MR) is 60.9 cm³/mol. The lowest BCUT2D eigenvalue weighted by Crippen LogP contribution is -2.09. The molecule has 2 rings (SSSR count). The molecule has 14 heavy (non-hydrogen) atoms. The van der Waals surface area contributed by atoms with Crippen LogP contribution in [-0.2, 0) is 6.54 Å². The Kier molecular flexibility index (Phi) is 2.44. The highest BCUT2D eigenvalue weighted by molar-refractivity contribution is 7.17. The molecule has 0 spiro atoms. The molecule has 0 aliphatic heterocycles. The Labute approximate surface area is 87.4 Å². The molecule has 1 aromatic carbocycles. The highest BCUT2D eigenvalue weighted by Gasteiger charge is 2.08. The van der Waals surface area contributed by atoms with Crippen molar-refractivity contribution in [3.63, 3.8) is 0 Å². The quantitative estimate of drug-likeness (QED) is 0.818. The number of aromatic hydroxyl groups is 1. The molecule has 2 nitrogen and oxygen atoms in total. The molecular formula is C11H13NOS. The second kappa shape index (κ2) is 3.59. The molecule has 0 aliphatic carbocycles. The van der Waals surface area contributed by atoms with Crippen LogP contribution in [0.2, 0.25) is 0 Å². The molecule has 3 heteroatoms. The number of benzene rings is 1. The first-order valence-electron chi connectivity index (χ1n) is 4.51. The number of thiophene rings is 1. The molecule has 1 N–H and O–H groups in total. The fraction of sp³-hybridized carbons (Fsp3) is 0.273. The Bertz CT molecular complexity index is 447. The number of phenols is 1. The van der Waals surface area contributed by atoms with E-state index in [0.29, 0.717) is 5.75 Å². The maximum atomic E-state index is 9.74. The van der Waals surface area contributed by atoms with Crippen LogP contribution in [0.25, 0.3) is 10.1 Å². The topological polar surface area (TPSA) is 23.5 Å². The number of rotatable bonds is 2. The van der Waals surface area contributed by atoms with Gasteiger partial charge in [-0.05, 0) is 37.2 Å². The predicted octanol–water partition coefficient (Wildman–Crippen LogP) is 2.67. The van der Waals surface area contributed by atoms with Gasteiger partial charge in [0, 0.05) is 16.6 Å². The third-order valence-corrected chi connectivity index (χ3v) is 3.14. The van der Waals surface area contributed by atoms with Gasteiger partial charge in [0.2, 0.25) is 0 Å². The third-order valence-electron chi connectivity index (χ3n) is 2.14. The number of nitrogens with zero attached hydrogens (tertiary/aromatic N) is 1. The van der Waals surface area contributed by atoms with Gasteiger partial charge in [-0.1, -0.05) is 6.07 Å². The number of fused-ring (bicyclic) bond motifs is 1. The standard InChI is InChI=1S/C11H13NOS/c1-12(2)6-8-7-14-10-5-3-4-9(13)11(8)10/h3-5,7,13H,6H2,1-2H3. The van der Waals surface area contributed by atoms with Crippen molar-refractivity contribution in [2.24, 2.45) is 0 Å². The summed E-state index contributed by atoms with van der Waals surface area (Å²) >= 11 is 1.68. The van der Waals surface area contributed by atoms with Gasteiger partial charge in [-0.25, -0.2) is 0 Å². The van der Waals surface area contributed by atoms with Crippen molar-refractivity contribution >= 4 is 21.4 Å². The van der Waals surface area contributed by atoms with Crippen molar-refractivity contribution < 1.29 is 5.11 Å². The second-order valence-corrected chi connectivity index (χ2v) is 4.56. The van der Waals surface area contributed by atoms with Crippen LogP contribution in [0.3, 0.4) is 0 Å². The highest BCUT2D eigenvalue weighted by atomic mass is 32.1. The minimum absolute atomic E-state index is 0.389. The van der Waals surface area contributed by atoms with E-state index in [4.69, 9.17) is 0 Å². The minimum atomic E-state index is 0.389. The molecule has 0 amide bonds. The maximum absolute atomic E-state index is 9.74. The zero-order valence-corrected chi connectivity index (χ0v) is 9.14. The molecule has 0 saturated carbocycles. The van der Waals surface area contributed by atoms with Crippen LogP contribution in [0.1, 0.15) is 5.56 Å². The fourth-order valence-electron chi connectivity index (χ4n) is 1.59. The van der Waals surface area contributed by atoms with Crippen LogP contribution in [0.4, 0.5) is 0 Å². The first-order chi connectivity index (χ1) is 6.68. The molecule has 74 valence electrons. The van der Waals surface area contributed by atoms with Crippen LogP contribution in [-0.4, -0.2) is 24.1 Å². The van der Waals surface area contributed by atoms with Crippen LogP contribution < -0.4 is 0 Å². The minimum Gasteiger partial charge on any atom is -0.507 e. The number of phenolic OH excluding ortho intramolecular Hbond substituents is 1. The average Bonchev–Trinajstić information content (AvgIpc) is 2.49. The van der Waals surface area contributed by atoms with E-state index in [9.17, 15) is 5.11 Å². The molecule has 0 unspecified atom stereocenters. The molecule has 0 radical (unpaired) electrons. The Balaban J connectivity index is 2.55. The van der Waals surface area contributed by atoms with Crippen LogP contribution in [0, 0.1) is 0 Å². The SMILES string of the molecule is CN(C)Cc1csc2cccc(O)c12. The molecule has 2 aromatic rings. The summed E-state index contributed by atoms with van der Waals surface area (Å²) in [6.45, 7) is 0.873. The molecular weight excluding hydrogens is 194 g/mol. The highest BCUT2D eigenvalue weighted by Crippen LogP contribution is 2.33. The smallest absolute Gasteiger partial charge is 0.124 e. The summed E-state index contributed by atoms with van der Waals surface area (Å²) in [4.78, 5) is 2.11. The van der Waals surface area contributed by atoms with Gasteiger partial charge < -0.3 is 10.0 Å². The van der Waals surface area contributed by atoms with E-state index < -0.39 is 0 Å². The summed E-state index contributed by atoms with van der Waals surface area (Å²) in [6.07, 6.45) is 0. The Morgan fingerprint density at radius 3 is 2.86 bits per heavy atom. The Morgan fingerprint density at radius 2 is 2.14 bits per heavy atom. The molecule has 0 fully saturated rings. The van der Waals surface area contributed by atoms with Crippen LogP contribution in [0.5, 0.6) is 5.75 Å². The zero-order valence-electron chi connectivity index (χ0n) is 8.32. The average molecular weight is 207 g/mol. The molecule has 0 bridgehead atoms. The Hall–Kier alpha value is -1.06. The van der Waals surface area contributed by atoms with Crippen molar-refractivity contribution in [1.29, 1.82) is 0 Å². The first-order valence-corrected chi connectivity index (χ1v) is 5.39. The van der Waals surface area contributed by atoms with Crippen molar-refractivity contribution in [1.82, 2.24) is 4.90 Å². The summed E-state index contributed by atoms with van der Waals surface area (Å²) in [5, 5.41) is 12.9. The summed E-state index contributed by atoms with van der Waals surface area (Å²) in [5.41, 5.74) is 1.20. The lowest BCUT2D eigenvalue weighted by molar-refractivity contribution is 0.403. The third kappa shape index (κ3) is 1.61. The van der Waals surface area contributed by atoms with Crippen molar-refractivity contribution in [2.75, 3.05) is 14.1 Å². The Morgan fingerprint density at radius 1 is 1.36 bits per heavy atom. The van der Waals surface area contributed by atoms with Crippen molar-refractivity contribution in [3.05, 3.63) is 29.1 Å². The van der Waals surface area contributed by atoms with Gasteiger partial charge in [0.05, 0.1) is 0 Å². The van der Waals surface area contributed by atoms with Crippen molar-refractivity contribution in [3.8, 4) is 5.75 Å². The normalized spacial score (nSPS) is 11.4. The molecule has 1 aromatic heterocycles. The van der Waals surface area contributed by atoms with Gasteiger partial charge in [-0.3, -0.25) is 0 Å². The van der Waals surface area contributed by atoms with E-state index in [-0.39, 0.29) is 0 Å². The number of hydrogen-bond acceptors (Lipinski definition) is 3. The fourth-order valence-corrected chi connectivity index (χ4v) is 2.56. The van der Waals surface area contributed by atoms with Crippen molar-refractivity contribution in [2.45, 2.75) is 6.54 Å². The van der Waals surface area contributed by atoms with E-state index in [2.05, 4.69) is 10.3 Å². The van der Waals surface area contributed by atoms with E-state index in [1.807, 2.05) is 26.2 Å². The molecule has 0 aliphatic rings.